The van der Waals surface area contributed by atoms with Gasteiger partial charge in [-0.1, -0.05) is 11.6 Å². The smallest absolute Gasteiger partial charge is 0.343 e. The van der Waals surface area contributed by atoms with Crippen LogP contribution < -0.4 is 5.43 Å². The molecule has 2 aromatic rings. The molecule has 0 atom stereocenters. The Balaban J connectivity index is 2.76. The number of carbonyl (C=O) groups is 1. The zero-order valence-electron chi connectivity index (χ0n) is 10.6. The Morgan fingerprint density at radius 2 is 2.16 bits per heavy atom. The number of hydrogen-bond acceptors (Lipinski definition) is 4. The van der Waals surface area contributed by atoms with Gasteiger partial charge >= 0.3 is 5.97 Å². The van der Waals surface area contributed by atoms with Crippen LogP contribution in [0.2, 0.25) is 5.15 Å². The fourth-order valence-corrected chi connectivity index (χ4v) is 1.98. The summed E-state index contributed by atoms with van der Waals surface area (Å²) in [6.45, 7) is 4.37. The molecule has 0 aliphatic heterocycles. The van der Waals surface area contributed by atoms with Gasteiger partial charge in [-0.05, 0) is 26.0 Å². The van der Waals surface area contributed by atoms with Crippen LogP contribution in [0.4, 0.5) is 0 Å². The van der Waals surface area contributed by atoms with Crippen molar-refractivity contribution >= 4 is 28.6 Å². The highest BCUT2D eigenvalue weighted by Gasteiger charge is 2.16. The second kappa shape index (κ2) is 5.40. The zero-order chi connectivity index (χ0) is 14.0. The van der Waals surface area contributed by atoms with Crippen LogP contribution in [0.1, 0.15) is 24.2 Å². The number of pyridine rings is 2. The standard InChI is InChI=1S/C13H13ClN2O3/c1-3-16-7-9(13(18)19-4-2)11(17)8-5-6-10(14)15-12(8)16/h5-7H,3-4H2,1-2H3. The number of nitrogens with zero attached hydrogens (tertiary/aromatic N) is 2. The summed E-state index contributed by atoms with van der Waals surface area (Å²) in [6.07, 6.45) is 1.46. The van der Waals surface area contributed by atoms with Gasteiger partial charge in [-0.25, -0.2) is 9.78 Å². The third kappa shape index (κ3) is 2.46. The molecule has 0 aliphatic carbocycles. The van der Waals surface area contributed by atoms with E-state index in [4.69, 9.17) is 16.3 Å². The minimum Gasteiger partial charge on any atom is -0.462 e. The van der Waals surface area contributed by atoms with Gasteiger partial charge < -0.3 is 9.30 Å². The van der Waals surface area contributed by atoms with E-state index in [0.29, 0.717) is 22.7 Å². The molecule has 0 unspecified atom stereocenters. The van der Waals surface area contributed by atoms with E-state index in [9.17, 15) is 9.59 Å². The number of aryl methyl sites for hydroxylation is 1. The van der Waals surface area contributed by atoms with Gasteiger partial charge in [0.25, 0.3) is 0 Å². The summed E-state index contributed by atoms with van der Waals surface area (Å²) in [7, 11) is 0. The van der Waals surface area contributed by atoms with Gasteiger partial charge in [0.2, 0.25) is 5.43 Å². The lowest BCUT2D eigenvalue weighted by Crippen LogP contribution is -2.21. The molecule has 0 spiro atoms. The van der Waals surface area contributed by atoms with Crippen molar-refractivity contribution in [2.45, 2.75) is 20.4 Å². The Morgan fingerprint density at radius 1 is 1.42 bits per heavy atom. The lowest BCUT2D eigenvalue weighted by molar-refractivity contribution is 0.0524. The first-order chi connectivity index (χ1) is 9.08. The summed E-state index contributed by atoms with van der Waals surface area (Å²) in [4.78, 5) is 28.1. The maximum absolute atomic E-state index is 12.2. The molecule has 0 amide bonds. The van der Waals surface area contributed by atoms with Gasteiger partial charge in [0.1, 0.15) is 16.4 Å². The molecular formula is C13H13ClN2O3. The second-order valence-electron chi connectivity index (χ2n) is 3.88. The Kier molecular flexibility index (Phi) is 3.85. The fraction of sp³-hybridized carbons (Fsp3) is 0.308. The quantitative estimate of drug-likeness (QED) is 0.639. The lowest BCUT2D eigenvalue weighted by Gasteiger charge is -2.10. The zero-order valence-corrected chi connectivity index (χ0v) is 11.4. The number of halogens is 1. The fourth-order valence-electron chi connectivity index (χ4n) is 1.84. The predicted molar refractivity (Wildman–Crippen MR) is 72.6 cm³/mol. The Labute approximate surface area is 114 Å². The molecule has 0 radical (unpaired) electrons. The van der Waals surface area contributed by atoms with Crippen molar-refractivity contribution in [3.8, 4) is 0 Å². The molecule has 6 heteroatoms. The van der Waals surface area contributed by atoms with Crippen LogP contribution in [0.3, 0.4) is 0 Å². The second-order valence-corrected chi connectivity index (χ2v) is 4.27. The average molecular weight is 281 g/mol. The largest absolute Gasteiger partial charge is 0.462 e. The van der Waals surface area contributed by atoms with Gasteiger partial charge in [-0.2, -0.15) is 0 Å². The van der Waals surface area contributed by atoms with Crippen LogP contribution in [0.15, 0.2) is 23.1 Å². The molecule has 2 heterocycles. The first-order valence-corrected chi connectivity index (χ1v) is 6.33. The van der Waals surface area contributed by atoms with Crippen molar-refractivity contribution in [3.05, 3.63) is 39.3 Å². The monoisotopic (exact) mass is 280 g/mol. The highest BCUT2D eigenvalue weighted by molar-refractivity contribution is 6.29. The molecule has 2 aromatic heterocycles. The van der Waals surface area contributed by atoms with Crippen LogP contribution in [-0.2, 0) is 11.3 Å². The van der Waals surface area contributed by atoms with Gasteiger partial charge in [-0.3, -0.25) is 4.79 Å². The van der Waals surface area contributed by atoms with Crippen molar-refractivity contribution < 1.29 is 9.53 Å². The number of rotatable bonds is 3. The molecule has 0 aliphatic rings. The van der Waals surface area contributed by atoms with Crippen LogP contribution in [-0.4, -0.2) is 22.1 Å². The van der Waals surface area contributed by atoms with E-state index in [1.165, 1.54) is 12.3 Å². The summed E-state index contributed by atoms with van der Waals surface area (Å²) in [5.41, 5.74) is 0.0932. The molecule has 0 bridgehead atoms. The van der Waals surface area contributed by atoms with Gasteiger partial charge in [-0.15, -0.1) is 0 Å². The van der Waals surface area contributed by atoms with Gasteiger partial charge in [0.05, 0.1) is 12.0 Å². The molecular weight excluding hydrogens is 268 g/mol. The highest BCUT2D eigenvalue weighted by atomic mass is 35.5. The van der Waals surface area contributed by atoms with Crippen molar-refractivity contribution in [1.82, 2.24) is 9.55 Å². The highest BCUT2D eigenvalue weighted by Crippen LogP contribution is 2.14. The Bertz CT molecular complexity index is 694. The van der Waals surface area contributed by atoms with Gasteiger partial charge in [0.15, 0.2) is 0 Å². The summed E-state index contributed by atoms with van der Waals surface area (Å²) < 4.78 is 6.59. The predicted octanol–water partition coefficient (Wildman–Crippen LogP) is 2.25. The minimum atomic E-state index is -0.619. The van der Waals surface area contributed by atoms with E-state index in [0.717, 1.165) is 0 Å². The molecule has 5 nitrogen and oxygen atoms in total. The number of esters is 1. The molecule has 0 saturated carbocycles. The summed E-state index contributed by atoms with van der Waals surface area (Å²) in [5.74, 6) is -0.619. The molecule has 100 valence electrons. The third-order valence-corrected chi connectivity index (χ3v) is 2.93. The first-order valence-electron chi connectivity index (χ1n) is 5.95. The topological polar surface area (TPSA) is 61.2 Å². The number of hydrogen-bond donors (Lipinski definition) is 0. The summed E-state index contributed by atoms with van der Waals surface area (Å²) in [5, 5.41) is 0.662. The van der Waals surface area contributed by atoms with E-state index >= 15 is 0 Å². The van der Waals surface area contributed by atoms with Crippen molar-refractivity contribution in [1.29, 1.82) is 0 Å². The van der Waals surface area contributed by atoms with E-state index in [1.807, 2.05) is 6.92 Å². The third-order valence-electron chi connectivity index (χ3n) is 2.72. The van der Waals surface area contributed by atoms with Crippen LogP contribution in [0, 0.1) is 0 Å². The maximum Gasteiger partial charge on any atom is 0.343 e. The Morgan fingerprint density at radius 3 is 2.79 bits per heavy atom. The normalized spacial score (nSPS) is 10.7. The van der Waals surface area contributed by atoms with Crippen molar-refractivity contribution in [2.75, 3.05) is 6.61 Å². The van der Waals surface area contributed by atoms with Crippen LogP contribution >= 0.6 is 11.6 Å². The van der Waals surface area contributed by atoms with Crippen molar-refractivity contribution in [2.24, 2.45) is 0 Å². The molecule has 0 aromatic carbocycles. The molecule has 0 N–H and O–H groups in total. The molecule has 19 heavy (non-hydrogen) atoms. The molecule has 0 saturated heterocycles. The summed E-state index contributed by atoms with van der Waals surface area (Å²) in [6, 6.07) is 3.10. The SMILES string of the molecule is CCOC(=O)c1cn(CC)c2nc(Cl)ccc2c1=O. The molecule has 0 fully saturated rings. The van der Waals surface area contributed by atoms with Crippen LogP contribution in [0.5, 0.6) is 0 Å². The maximum atomic E-state index is 12.2. The van der Waals surface area contributed by atoms with Crippen molar-refractivity contribution in [3.63, 3.8) is 0 Å². The van der Waals surface area contributed by atoms with Gasteiger partial charge in [0, 0.05) is 12.7 Å². The minimum absolute atomic E-state index is 0.0142. The number of fused-ring (bicyclic) bond motifs is 1. The van der Waals surface area contributed by atoms with E-state index in [2.05, 4.69) is 4.98 Å². The van der Waals surface area contributed by atoms with Crippen LogP contribution in [0.25, 0.3) is 11.0 Å². The molecule has 2 rings (SSSR count). The number of carbonyl (C=O) groups excluding carboxylic acids is 1. The van der Waals surface area contributed by atoms with E-state index in [1.54, 1.807) is 17.6 Å². The number of aromatic nitrogens is 2. The Hall–Kier alpha value is -1.88. The average Bonchev–Trinajstić information content (AvgIpc) is 2.39. The first kappa shape index (κ1) is 13.5. The lowest BCUT2D eigenvalue weighted by atomic mass is 10.2. The summed E-state index contributed by atoms with van der Waals surface area (Å²) >= 11 is 5.83. The van der Waals surface area contributed by atoms with E-state index in [-0.39, 0.29) is 17.6 Å². The van der Waals surface area contributed by atoms with E-state index < -0.39 is 5.97 Å². The number of ether oxygens (including phenoxy) is 1.